The fourth-order valence-electron chi connectivity index (χ4n) is 2.25. The molecule has 5 nitrogen and oxygen atoms in total. The average molecular weight is 260 g/mol. The first-order valence-corrected chi connectivity index (χ1v) is 6.21. The van der Waals surface area contributed by atoms with E-state index in [9.17, 15) is 9.90 Å². The molecule has 100 valence electrons. The number of ether oxygens (including phenoxy) is 1. The highest BCUT2D eigenvalue weighted by atomic mass is 16.5. The molecule has 0 radical (unpaired) electrons. The second kappa shape index (κ2) is 5.61. The molecule has 1 atom stereocenters. The van der Waals surface area contributed by atoms with Crippen molar-refractivity contribution in [3.8, 4) is 17.6 Å². The summed E-state index contributed by atoms with van der Waals surface area (Å²) in [6.45, 7) is 1.04. The van der Waals surface area contributed by atoms with Crippen molar-refractivity contribution in [2.24, 2.45) is 5.92 Å². The van der Waals surface area contributed by atoms with E-state index in [-0.39, 0.29) is 23.1 Å². The third kappa shape index (κ3) is 2.79. The van der Waals surface area contributed by atoms with Crippen LogP contribution in [0.15, 0.2) is 18.2 Å². The summed E-state index contributed by atoms with van der Waals surface area (Å²) >= 11 is 0. The van der Waals surface area contributed by atoms with E-state index < -0.39 is 0 Å². The topological polar surface area (TPSA) is 73.6 Å². The number of hydrogen-bond acceptors (Lipinski definition) is 4. The van der Waals surface area contributed by atoms with Crippen LogP contribution in [0.2, 0.25) is 0 Å². The number of phenols is 1. The van der Waals surface area contributed by atoms with Crippen molar-refractivity contribution in [3.05, 3.63) is 23.8 Å². The number of nitriles is 1. The predicted octanol–water partition coefficient (Wildman–Crippen LogP) is 1.78. The summed E-state index contributed by atoms with van der Waals surface area (Å²) in [5.74, 6) is 0.0849. The predicted molar refractivity (Wildman–Crippen MR) is 68.9 cm³/mol. The van der Waals surface area contributed by atoms with E-state index in [1.54, 1.807) is 11.0 Å². The van der Waals surface area contributed by atoms with Gasteiger partial charge in [-0.05, 0) is 31.0 Å². The molecule has 0 bridgehead atoms. The first kappa shape index (κ1) is 13.2. The summed E-state index contributed by atoms with van der Waals surface area (Å²) in [6.07, 6.45) is 1.64. The SMILES string of the molecule is COc1ccc(O)c(C(=O)N2CCCC(C#N)C2)c1. The van der Waals surface area contributed by atoms with E-state index in [1.165, 1.54) is 19.2 Å². The minimum atomic E-state index is -0.253. The van der Waals surface area contributed by atoms with Crippen LogP contribution in [0, 0.1) is 17.2 Å². The highest BCUT2D eigenvalue weighted by molar-refractivity contribution is 5.97. The largest absolute Gasteiger partial charge is 0.507 e. The molecule has 1 aromatic rings. The second-order valence-corrected chi connectivity index (χ2v) is 4.60. The van der Waals surface area contributed by atoms with Crippen molar-refractivity contribution in [1.82, 2.24) is 4.90 Å². The Balaban J connectivity index is 2.21. The zero-order valence-electron chi connectivity index (χ0n) is 10.8. The Morgan fingerprint density at radius 2 is 2.37 bits per heavy atom. The number of carbonyl (C=O) groups excluding carboxylic acids is 1. The fourth-order valence-corrected chi connectivity index (χ4v) is 2.25. The Morgan fingerprint density at radius 3 is 3.05 bits per heavy atom. The van der Waals surface area contributed by atoms with Crippen LogP contribution in [-0.2, 0) is 0 Å². The first-order valence-electron chi connectivity index (χ1n) is 6.21. The first-order chi connectivity index (χ1) is 9.15. The average Bonchev–Trinajstić information content (AvgIpc) is 2.47. The molecule has 1 aromatic carbocycles. The van der Waals surface area contributed by atoms with Crippen LogP contribution in [0.4, 0.5) is 0 Å². The summed E-state index contributed by atoms with van der Waals surface area (Å²) in [7, 11) is 1.51. The quantitative estimate of drug-likeness (QED) is 0.879. The minimum Gasteiger partial charge on any atom is -0.507 e. The number of carbonyl (C=O) groups is 1. The number of nitrogens with zero attached hydrogens (tertiary/aromatic N) is 2. The zero-order chi connectivity index (χ0) is 13.8. The summed E-state index contributed by atoms with van der Waals surface area (Å²) in [4.78, 5) is 14.0. The summed E-state index contributed by atoms with van der Waals surface area (Å²) in [5, 5.41) is 18.7. The lowest BCUT2D eigenvalue weighted by Crippen LogP contribution is -2.39. The number of aromatic hydroxyl groups is 1. The number of methoxy groups -OCH3 is 1. The van der Waals surface area contributed by atoms with Crippen LogP contribution in [0.25, 0.3) is 0 Å². The highest BCUT2D eigenvalue weighted by Gasteiger charge is 2.26. The maximum atomic E-state index is 12.4. The molecule has 5 heteroatoms. The molecule has 1 heterocycles. The molecule has 2 rings (SSSR count). The molecule has 19 heavy (non-hydrogen) atoms. The van der Waals surface area contributed by atoms with Gasteiger partial charge in [0.25, 0.3) is 5.91 Å². The van der Waals surface area contributed by atoms with Crippen molar-refractivity contribution in [2.45, 2.75) is 12.8 Å². The molecule has 1 unspecified atom stereocenters. The number of likely N-dealkylation sites (tertiary alicyclic amines) is 1. The van der Waals surface area contributed by atoms with Crippen LogP contribution in [-0.4, -0.2) is 36.1 Å². The smallest absolute Gasteiger partial charge is 0.257 e. The van der Waals surface area contributed by atoms with E-state index in [0.29, 0.717) is 18.8 Å². The second-order valence-electron chi connectivity index (χ2n) is 4.60. The Labute approximate surface area is 112 Å². The molecule has 0 aromatic heterocycles. The molecule has 1 aliphatic heterocycles. The molecule has 1 fully saturated rings. The maximum Gasteiger partial charge on any atom is 0.257 e. The van der Waals surface area contributed by atoms with Crippen LogP contribution in [0.3, 0.4) is 0 Å². The molecule has 0 aliphatic carbocycles. The van der Waals surface area contributed by atoms with Gasteiger partial charge in [-0.25, -0.2) is 0 Å². The highest BCUT2D eigenvalue weighted by Crippen LogP contribution is 2.26. The number of benzene rings is 1. The lowest BCUT2D eigenvalue weighted by molar-refractivity contribution is 0.0695. The molecule has 0 spiro atoms. The van der Waals surface area contributed by atoms with Crippen molar-refractivity contribution in [2.75, 3.05) is 20.2 Å². The third-order valence-corrected chi connectivity index (χ3v) is 3.33. The van der Waals surface area contributed by atoms with Crippen LogP contribution >= 0.6 is 0 Å². The number of piperidine rings is 1. The van der Waals surface area contributed by atoms with Gasteiger partial charge in [0.05, 0.1) is 24.7 Å². The van der Waals surface area contributed by atoms with Gasteiger partial charge in [0.2, 0.25) is 0 Å². The Kier molecular flexibility index (Phi) is 3.91. The van der Waals surface area contributed by atoms with Gasteiger partial charge >= 0.3 is 0 Å². The summed E-state index contributed by atoms with van der Waals surface area (Å²) in [6, 6.07) is 6.76. The van der Waals surface area contributed by atoms with E-state index in [0.717, 1.165) is 12.8 Å². The van der Waals surface area contributed by atoms with Crippen molar-refractivity contribution >= 4 is 5.91 Å². The van der Waals surface area contributed by atoms with Crippen LogP contribution in [0.1, 0.15) is 23.2 Å². The molecule has 0 saturated carbocycles. The molecule has 1 amide bonds. The minimum absolute atomic E-state index is 0.0649. The van der Waals surface area contributed by atoms with Crippen LogP contribution in [0.5, 0.6) is 11.5 Å². The van der Waals surface area contributed by atoms with Gasteiger partial charge in [0.1, 0.15) is 11.5 Å². The van der Waals surface area contributed by atoms with Gasteiger partial charge in [-0.3, -0.25) is 4.79 Å². The summed E-state index contributed by atoms with van der Waals surface area (Å²) < 4.78 is 5.06. The van der Waals surface area contributed by atoms with Gasteiger partial charge in [-0.2, -0.15) is 5.26 Å². The number of hydrogen-bond donors (Lipinski definition) is 1. The van der Waals surface area contributed by atoms with Gasteiger partial charge in [0.15, 0.2) is 0 Å². The van der Waals surface area contributed by atoms with Gasteiger partial charge < -0.3 is 14.7 Å². The van der Waals surface area contributed by atoms with E-state index in [4.69, 9.17) is 10.00 Å². The molecular formula is C14H16N2O3. The molecular weight excluding hydrogens is 244 g/mol. The Hall–Kier alpha value is -2.22. The third-order valence-electron chi connectivity index (χ3n) is 3.33. The van der Waals surface area contributed by atoms with Gasteiger partial charge in [0, 0.05) is 13.1 Å². The van der Waals surface area contributed by atoms with E-state index in [2.05, 4.69) is 6.07 Å². The van der Waals surface area contributed by atoms with Gasteiger partial charge in [-0.15, -0.1) is 0 Å². The fraction of sp³-hybridized carbons (Fsp3) is 0.429. The molecule has 1 N–H and O–H groups in total. The normalized spacial score (nSPS) is 18.7. The standard InChI is InChI=1S/C14H16N2O3/c1-19-11-4-5-13(17)12(7-11)14(18)16-6-2-3-10(8-15)9-16/h4-5,7,10,17H,2-3,6,9H2,1H3. The Bertz CT molecular complexity index is 522. The van der Waals surface area contributed by atoms with E-state index >= 15 is 0 Å². The van der Waals surface area contributed by atoms with Crippen molar-refractivity contribution in [3.63, 3.8) is 0 Å². The maximum absolute atomic E-state index is 12.4. The number of rotatable bonds is 2. The Morgan fingerprint density at radius 1 is 1.58 bits per heavy atom. The van der Waals surface area contributed by atoms with E-state index in [1.807, 2.05) is 0 Å². The van der Waals surface area contributed by atoms with Crippen molar-refractivity contribution < 1.29 is 14.6 Å². The number of amides is 1. The lowest BCUT2D eigenvalue weighted by Gasteiger charge is -2.29. The number of phenolic OH excluding ortho intramolecular Hbond substituents is 1. The zero-order valence-corrected chi connectivity index (χ0v) is 10.8. The molecule has 1 saturated heterocycles. The van der Waals surface area contributed by atoms with Crippen LogP contribution < -0.4 is 4.74 Å². The van der Waals surface area contributed by atoms with Crippen molar-refractivity contribution in [1.29, 1.82) is 5.26 Å². The lowest BCUT2D eigenvalue weighted by atomic mass is 9.99. The monoisotopic (exact) mass is 260 g/mol. The summed E-state index contributed by atoms with van der Waals surface area (Å²) in [5.41, 5.74) is 0.220. The van der Waals surface area contributed by atoms with Gasteiger partial charge in [-0.1, -0.05) is 0 Å². The molecule has 1 aliphatic rings.